The highest BCUT2D eigenvalue weighted by molar-refractivity contribution is 9.10. The summed E-state index contributed by atoms with van der Waals surface area (Å²) in [5.41, 5.74) is 0.677. The number of nitrogens with zero attached hydrogens (tertiary/aromatic N) is 1. The van der Waals surface area contributed by atoms with Crippen LogP contribution in [0.1, 0.15) is 23.2 Å². The fourth-order valence-corrected chi connectivity index (χ4v) is 3.01. The molecule has 1 N–H and O–H groups in total. The highest BCUT2D eigenvalue weighted by atomic mass is 79.9. The van der Waals surface area contributed by atoms with Crippen molar-refractivity contribution in [1.82, 2.24) is 10.2 Å². The minimum atomic E-state index is 0. The van der Waals surface area contributed by atoms with Crippen LogP contribution in [0.3, 0.4) is 0 Å². The van der Waals surface area contributed by atoms with Crippen LogP contribution in [-0.4, -0.2) is 44.6 Å². The molecule has 4 nitrogen and oxygen atoms in total. The van der Waals surface area contributed by atoms with Crippen molar-refractivity contribution >= 4 is 34.2 Å². The lowest BCUT2D eigenvalue weighted by molar-refractivity contribution is 0.0689. The number of carbonyl (C=O) groups is 1. The van der Waals surface area contributed by atoms with Crippen molar-refractivity contribution in [2.24, 2.45) is 5.92 Å². The van der Waals surface area contributed by atoms with Crippen molar-refractivity contribution < 1.29 is 9.53 Å². The molecule has 1 amide bonds. The van der Waals surface area contributed by atoms with Gasteiger partial charge in [-0.2, -0.15) is 0 Å². The van der Waals surface area contributed by atoms with Gasteiger partial charge >= 0.3 is 0 Å². The SMILES string of the molecule is CNCC1CCN(C(=O)c2cc(OC)ccc2Br)CC1.Cl. The number of ether oxygens (including phenoxy) is 1. The number of methoxy groups -OCH3 is 1. The molecule has 1 fully saturated rings. The minimum Gasteiger partial charge on any atom is -0.497 e. The lowest BCUT2D eigenvalue weighted by atomic mass is 9.96. The maximum Gasteiger partial charge on any atom is 0.255 e. The highest BCUT2D eigenvalue weighted by Gasteiger charge is 2.24. The third kappa shape index (κ3) is 4.59. The van der Waals surface area contributed by atoms with Crippen LogP contribution in [0, 0.1) is 5.92 Å². The van der Waals surface area contributed by atoms with Gasteiger partial charge in [-0.25, -0.2) is 0 Å². The molecule has 0 bridgehead atoms. The number of piperidine rings is 1. The summed E-state index contributed by atoms with van der Waals surface area (Å²) in [5, 5.41) is 3.21. The van der Waals surface area contributed by atoms with Gasteiger partial charge in [0.25, 0.3) is 5.91 Å². The molecule has 0 atom stereocenters. The van der Waals surface area contributed by atoms with Crippen LogP contribution in [0.25, 0.3) is 0 Å². The predicted octanol–water partition coefficient (Wildman–Crippen LogP) is 2.95. The maximum atomic E-state index is 12.6. The summed E-state index contributed by atoms with van der Waals surface area (Å²) in [7, 11) is 3.59. The van der Waals surface area contributed by atoms with E-state index in [2.05, 4.69) is 21.2 Å². The molecular formula is C15H22BrClN2O2. The molecule has 1 aliphatic heterocycles. The van der Waals surface area contributed by atoms with Crippen molar-refractivity contribution in [3.05, 3.63) is 28.2 Å². The summed E-state index contributed by atoms with van der Waals surface area (Å²) >= 11 is 3.45. The Labute approximate surface area is 140 Å². The topological polar surface area (TPSA) is 41.6 Å². The van der Waals surface area contributed by atoms with Crippen molar-refractivity contribution in [2.75, 3.05) is 33.8 Å². The molecule has 6 heteroatoms. The first-order chi connectivity index (χ1) is 9.65. The average Bonchev–Trinajstić information content (AvgIpc) is 2.48. The van der Waals surface area contributed by atoms with Gasteiger partial charge in [-0.3, -0.25) is 4.79 Å². The standard InChI is InChI=1S/C15H21BrN2O2.ClH/c1-17-10-11-5-7-18(8-6-11)15(19)13-9-12(20-2)3-4-14(13)16;/h3-4,9,11,17H,5-8,10H2,1-2H3;1H. The second-order valence-corrected chi connectivity index (χ2v) is 5.99. The molecule has 1 aliphatic rings. The molecule has 0 spiro atoms. The number of halogens is 2. The molecule has 1 aromatic rings. The first-order valence-electron chi connectivity index (χ1n) is 6.93. The number of amides is 1. The van der Waals surface area contributed by atoms with Gasteiger partial charge in [0.15, 0.2) is 0 Å². The quantitative estimate of drug-likeness (QED) is 0.877. The first kappa shape index (κ1) is 18.3. The number of hydrogen-bond acceptors (Lipinski definition) is 3. The Morgan fingerprint density at radius 2 is 2.10 bits per heavy atom. The van der Waals surface area contributed by atoms with E-state index >= 15 is 0 Å². The highest BCUT2D eigenvalue weighted by Crippen LogP contribution is 2.26. The van der Waals surface area contributed by atoms with E-state index in [4.69, 9.17) is 4.74 Å². The molecule has 118 valence electrons. The Balaban J connectivity index is 0.00000220. The molecule has 21 heavy (non-hydrogen) atoms. The third-order valence-corrected chi connectivity index (χ3v) is 4.49. The fourth-order valence-electron chi connectivity index (χ4n) is 2.59. The smallest absolute Gasteiger partial charge is 0.255 e. The third-order valence-electron chi connectivity index (χ3n) is 3.80. The molecule has 1 saturated heterocycles. The maximum absolute atomic E-state index is 12.6. The number of hydrogen-bond donors (Lipinski definition) is 1. The Bertz CT molecular complexity index is 477. The average molecular weight is 378 g/mol. The van der Waals surface area contributed by atoms with Gasteiger partial charge in [0.2, 0.25) is 0 Å². The van der Waals surface area contributed by atoms with E-state index in [1.807, 2.05) is 24.1 Å². The monoisotopic (exact) mass is 376 g/mol. The van der Waals surface area contributed by atoms with Gasteiger partial charge in [0.05, 0.1) is 12.7 Å². The largest absolute Gasteiger partial charge is 0.497 e. The minimum absolute atomic E-state index is 0. The lowest BCUT2D eigenvalue weighted by Crippen LogP contribution is -2.40. The Hall–Kier alpha value is -0.780. The zero-order valence-electron chi connectivity index (χ0n) is 12.4. The number of nitrogens with one attached hydrogen (secondary N) is 1. The summed E-state index contributed by atoms with van der Waals surface area (Å²) in [6.45, 7) is 2.69. The Morgan fingerprint density at radius 1 is 1.43 bits per heavy atom. The normalized spacial score (nSPS) is 15.5. The number of likely N-dealkylation sites (tertiary alicyclic amines) is 1. The van der Waals surface area contributed by atoms with E-state index in [1.54, 1.807) is 13.2 Å². The Kier molecular flexibility index (Phi) is 7.49. The van der Waals surface area contributed by atoms with E-state index < -0.39 is 0 Å². The van der Waals surface area contributed by atoms with Crippen LogP contribution < -0.4 is 10.1 Å². The van der Waals surface area contributed by atoms with Gasteiger partial charge in [-0.1, -0.05) is 0 Å². The summed E-state index contributed by atoms with van der Waals surface area (Å²) in [6, 6.07) is 5.51. The summed E-state index contributed by atoms with van der Waals surface area (Å²) < 4.78 is 6.02. The summed E-state index contributed by atoms with van der Waals surface area (Å²) in [4.78, 5) is 14.5. The summed E-state index contributed by atoms with van der Waals surface area (Å²) in [6.07, 6.45) is 2.13. The first-order valence-corrected chi connectivity index (χ1v) is 7.72. The zero-order valence-corrected chi connectivity index (χ0v) is 14.8. The molecule has 0 aromatic heterocycles. The van der Waals surface area contributed by atoms with Crippen molar-refractivity contribution in [2.45, 2.75) is 12.8 Å². The molecule has 2 rings (SSSR count). The fraction of sp³-hybridized carbons (Fsp3) is 0.533. The second-order valence-electron chi connectivity index (χ2n) is 5.14. The van der Waals surface area contributed by atoms with Gasteiger partial charge in [-0.15, -0.1) is 12.4 Å². The van der Waals surface area contributed by atoms with Crippen LogP contribution in [0.5, 0.6) is 5.75 Å². The molecule has 0 aliphatic carbocycles. The number of benzene rings is 1. The van der Waals surface area contributed by atoms with Gasteiger partial charge in [0.1, 0.15) is 5.75 Å². The molecule has 0 radical (unpaired) electrons. The molecular weight excluding hydrogens is 356 g/mol. The van der Waals surface area contributed by atoms with Crippen LogP contribution >= 0.6 is 28.3 Å². The Morgan fingerprint density at radius 3 is 2.67 bits per heavy atom. The number of carbonyl (C=O) groups excluding carboxylic acids is 1. The lowest BCUT2D eigenvalue weighted by Gasteiger charge is -2.32. The summed E-state index contributed by atoms with van der Waals surface area (Å²) in [5.74, 6) is 1.47. The molecule has 0 saturated carbocycles. The van der Waals surface area contributed by atoms with Crippen LogP contribution in [0.4, 0.5) is 0 Å². The second kappa shape index (κ2) is 8.61. The van der Waals surface area contributed by atoms with E-state index in [1.165, 1.54) is 0 Å². The van der Waals surface area contributed by atoms with Crippen molar-refractivity contribution in [1.29, 1.82) is 0 Å². The van der Waals surface area contributed by atoms with E-state index in [0.29, 0.717) is 17.2 Å². The molecule has 1 aromatic carbocycles. The van der Waals surface area contributed by atoms with Gasteiger partial charge in [-0.05, 0) is 66.5 Å². The molecule has 1 heterocycles. The van der Waals surface area contributed by atoms with E-state index in [0.717, 1.165) is 36.9 Å². The van der Waals surface area contributed by atoms with Crippen LogP contribution in [0.2, 0.25) is 0 Å². The van der Waals surface area contributed by atoms with Crippen LogP contribution in [0.15, 0.2) is 22.7 Å². The van der Waals surface area contributed by atoms with Crippen molar-refractivity contribution in [3.8, 4) is 5.75 Å². The van der Waals surface area contributed by atoms with Crippen molar-refractivity contribution in [3.63, 3.8) is 0 Å². The van der Waals surface area contributed by atoms with Gasteiger partial charge < -0.3 is 15.0 Å². The number of rotatable bonds is 4. The zero-order chi connectivity index (χ0) is 14.5. The molecule has 0 unspecified atom stereocenters. The van der Waals surface area contributed by atoms with Crippen LogP contribution in [-0.2, 0) is 0 Å². The van der Waals surface area contributed by atoms with E-state index in [-0.39, 0.29) is 18.3 Å². The van der Waals surface area contributed by atoms with E-state index in [9.17, 15) is 4.79 Å². The predicted molar refractivity (Wildman–Crippen MR) is 90.5 cm³/mol. The van der Waals surface area contributed by atoms with Gasteiger partial charge in [0, 0.05) is 17.6 Å².